The van der Waals surface area contributed by atoms with Crippen molar-refractivity contribution in [2.24, 2.45) is 5.92 Å². The van der Waals surface area contributed by atoms with E-state index in [0.29, 0.717) is 18.6 Å². The number of fused-ring (bicyclic) bond motifs is 2. The molecule has 0 spiro atoms. The van der Waals surface area contributed by atoms with Crippen molar-refractivity contribution in [3.63, 3.8) is 0 Å². The molecule has 2 fully saturated rings. The lowest BCUT2D eigenvalue weighted by Crippen LogP contribution is -2.37. The molecule has 3 rings (SSSR count). The third-order valence-corrected chi connectivity index (χ3v) is 5.33. The third-order valence-electron chi connectivity index (χ3n) is 3.70. The Balaban J connectivity index is 1.54. The number of hydrogen-bond acceptors (Lipinski definition) is 3. The smallest absolute Gasteiger partial charge is 0.225 e. The van der Waals surface area contributed by atoms with E-state index in [0.717, 1.165) is 16.6 Å². The minimum atomic E-state index is 0.192. The number of amides is 1. The zero-order valence-electron chi connectivity index (χ0n) is 9.41. The van der Waals surface area contributed by atoms with E-state index in [9.17, 15) is 4.79 Å². The van der Waals surface area contributed by atoms with Crippen LogP contribution in [0.4, 0.5) is 0 Å². The molecular formula is C12H15BrN2OS. The van der Waals surface area contributed by atoms with E-state index in [2.05, 4.69) is 26.6 Å². The van der Waals surface area contributed by atoms with Crippen molar-refractivity contribution >= 4 is 33.2 Å². The summed E-state index contributed by atoms with van der Waals surface area (Å²) >= 11 is 5.10. The number of halogens is 1. The highest BCUT2D eigenvalue weighted by atomic mass is 79.9. The zero-order chi connectivity index (χ0) is 11.8. The fraction of sp³-hybridized carbons (Fsp3) is 0.583. The van der Waals surface area contributed by atoms with Crippen molar-refractivity contribution < 1.29 is 4.79 Å². The molecule has 3 nitrogen and oxygen atoms in total. The summed E-state index contributed by atoms with van der Waals surface area (Å²) in [4.78, 5) is 13.3. The molecule has 1 aromatic heterocycles. The van der Waals surface area contributed by atoms with Gasteiger partial charge in [0.05, 0.1) is 16.2 Å². The molecule has 2 saturated heterocycles. The summed E-state index contributed by atoms with van der Waals surface area (Å²) in [5.41, 5.74) is 0. The van der Waals surface area contributed by atoms with Crippen LogP contribution in [-0.2, 0) is 11.3 Å². The van der Waals surface area contributed by atoms with E-state index >= 15 is 0 Å². The second-order valence-electron chi connectivity index (χ2n) is 4.81. The molecule has 0 aliphatic carbocycles. The van der Waals surface area contributed by atoms with Crippen LogP contribution in [-0.4, -0.2) is 18.0 Å². The summed E-state index contributed by atoms with van der Waals surface area (Å²) in [6.45, 7) is 0.656. The number of nitrogens with one attached hydrogen (secondary N) is 2. The van der Waals surface area contributed by atoms with Gasteiger partial charge in [0.1, 0.15) is 0 Å². The molecule has 0 aromatic carbocycles. The molecule has 5 heteroatoms. The Labute approximate surface area is 113 Å². The van der Waals surface area contributed by atoms with Gasteiger partial charge in [0.15, 0.2) is 0 Å². The molecule has 1 amide bonds. The Hall–Kier alpha value is -0.390. The van der Waals surface area contributed by atoms with Gasteiger partial charge in [-0.1, -0.05) is 0 Å². The van der Waals surface area contributed by atoms with Gasteiger partial charge in [-0.05, 0) is 47.3 Å². The van der Waals surface area contributed by atoms with Crippen LogP contribution in [0, 0.1) is 5.92 Å². The van der Waals surface area contributed by atoms with E-state index in [-0.39, 0.29) is 11.8 Å². The average Bonchev–Trinajstić information content (AvgIpc) is 3.01. The Morgan fingerprint density at radius 3 is 3.00 bits per heavy atom. The van der Waals surface area contributed by atoms with Gasteiger partial charge in [0.25, 0.3) is 0 Å². The van der Waals surface area contributed by atoms with Gasteiger partial charge in [-0.2, -0.15) is 0 Å². The van der Waals surface area contributed by atoms with Crippen LogP contribution in [0.25, 0.3) is 0 Å². The number of carbonyl (C=O) groups excluding carboxylic acids is 1. The fourth-order valence-corrected chi connectivity index (χ4v) is 4.29. The van der Waals surface area contributed by atoms with Gasteiger partial charge >= 0.3 is 0 Å². The van der Waals surface area contributed by atoms with E-state index < -0.39 is 0 Å². The molecule has 17 heavy (non-hydrogen) atoms. The quantitative estimate of drug-likeness (QED) is 0.898. The van der Waals surface area contributed by atoms with Gasteiger partial charge in [-0.3, -0.25) is 4.79 Å². The van der Waals surface area contributed by atoms with Crippen LogP contribution < -0.4 is 10.6 Å². The van der Waals surface area contributed by atoms with Crippen molar-refractivity contribution in [1.29, 1.82) is 0 Å². The summed E-state index contributed by atoms with van der Waals surface area (Å²) in [5.74, 6) is 0.409. The summed E-state index contributed by atoms with van der Waals surface area (Å²) in [7, 11) is 0. The highest BCUT2D eigenvalue weighted by Crippen LogP contribution is 2.33. The molecule has 3 heterocycles. The van der Waals surface area contributed by atoms with Crippen LogP contribution in [0.15, 0.2) is 15.9 Å². The molecule has 0 saturated carbocycles. The molecule has 3 atom stereocenters. The Kier molecular flexibility index (Phi) is 3.23. The maximum Gasteiger partial charge on any atom is 0.225 e. The van der Waals surface area contributed by atoms with Gasteiger partial charge in [-0.25, -0.2) is 0 Å². The van der Waals surface area contributed by atoms with Crippen molar-refractivity contribution in [3.8, 4) is 0 Å². The van der Waals surface area contributed by atoms with Gasteiger partial charge in [-0.15, -0.1) is 11.3 Å². The van der Waals surface area contributed by atoms with Crippen LogP contribution in [0.5, 0.6) is 0 Å². The average molecular weight is 315 g/mol. The molecule has 92 valence electrons. The molecule has 0 radical (unpaired) electrons. The normalized spacial score (nSPS) is 30.8. The SMILES string of the molecule is O=C(NCc1ccc(Br)s1)C1CC2CCC1N2. The Morgan fingerprint density at radius 2 is 2.41 bits per heavy atom. The van der Waals surface area contributed by atoms with Crippen molar-refractivity contribution in [2.75, 3.05) is 0 Å². The molecule has 2 aliphatic heterocycles. The van der Waals surface area contributed by atoms with E-state index in [4.69, 9.17) is 0 Å². The van der Waals surface area contributed by atoms with Crippen molar-refractivity contribution in [2.45, 2.75) is 37.9 Å². The molecular weight excluding hydrogens is 300 g/mol. The summed E-state index contributed by atoms with van der Waals surface area (Å²) in [6, 6.07) is 5.08. The molecule has 1 aromatic rings. The maximum atomic E-state index is 12.1. The topological polar surface area (TPSA) is 41.1 Å². The molecule has 2 aliphatic rings. The Bertz CT molecular complexity index is 434. The lowest BCUT2D eigenvalue weighted by atomic mass is 9.88. The summed E-state index contributed by atoms with van der Waals surface area (Å²) < 4.78 is 1.11. The molecule has 3 unspecified atom stereocenters. The predicted octanol–water partition coefficient (Wildman–Crippen LogP) is 2.27. The fourth-order valence-electron chi connectivity index (χ4n) is 2.87. The molecule has 2 N–H and O–H groups in total. The summed E-state index contributed by atoms with van der Waals surface area (Å²) in [5, 5.41) is 6.55. The van der Waals surface area contributed by atoms with Crippen LogP contribution in [0.2, 0.25) is 0 Å². The van der Waals surface area contributed by atoms with Gasteiger partial charge in [0, 0.05) is 17.0 Å². The maximum absolute atomic E-state index is 12.1. The largest absolute Gasteiger partial charge is 0.351 e. The van der Waals surface area contributed by atoms with Gasteiger partial charge in [0.2, 0.25) is 5.91 Å². The van der Waals surface area contributed by atoms with E-state index in [1.54, 1.807) is 11.3 Å². The van der Waals surface area contributed by atoms with E-state index in [1.165, 1.54) is 11.3 Å². The first kappa shape index (κ1) is 11.7. The van der Waals surface area contributed by atoms with Gasteiger partial charge < -0.3 is 10.6 Å². The minimum absolute atomic E-state index is 0.192. The standard InChI is InChI=1S/C12H15BrN2OS/c13-11-4-2-8(17-11)6-14-12(16)9-5-7-1-3-10(9)15-7/h2,4,7,9-10,15H,1,3,5-6H2,(H,14,16). The number of rotatable bonds is 3. The Morgan fingerprint density at radius 1 is 1.53 bits per heavy atom. The first-order valence-corrected chi connectivity index (χ1v) is 7.61. The highest BCUT2D eigenvalue weighted by Gasteiger charge is 2.42. The van der Waals surface area contributed by atoms with E-state index in [1.807, 2.05) is 12.1 Å². The molecule has 2 bridgehead atoms. The van der Waals surface area contributed by atoms with Crippen LogP contribution in [0.1, 0.15) is 24.1 Å². The van der Waals surface area contributed by atoms with Crippen molar-refractivity contribution in [3.05, 3.63) is 20.8 Å². The predicted molar refractivity (Wildman–Crippen MR) is 71.9 cm³/mol. The van der Waals surface area contributed by atoms with Crippen LogP contribution >= 0.6 is 27.3 Å². The first-order chi connectivity index (χ1) is 8.22. The third kappa shape index (κ3) is 2.41. The number of carbonyl (C=O) groups is 1. The zero-order valence-corrected chi connectivity index (χ0v) is 11.8. The minimum Gasteiger partial charge on any atom is -0.351 e. The number of thiophene rings is 1. The lowest BCUT2D eigenvalue weighted by Gasteiger charge is -2.19. The lowest BCUT2D eigenvalue weighted by molar-refractivity contribution is -0.125. The highest BCUT2D eigenvalue weighted by molar-refractivity contribution is 9.11. The van der Waals surface area contributed by atoms with Crippen LogP contribution in [0.3, 0.4) is 0 Å². The second-order valence-corrected chi connectivity index (χ2v) is 7.36. The monoisotopic (exact) mass is 314 g/mol. The summed E-state index contributed by atoms with van der Waals surface area (Å²) in [6.07, 6.45) is 3.42. The second kappa shape index (κ2) is 4.71. The number of hydrogen-bond donors (Lipinski definition) is 2. The first-order valence-electron chi connectivity index (χ1n) is 6.00. The van der Waals surface area contributed by atoms with Crippen molar-refractivity contribution in [1.82, 2.24) is 10.6 Å².